The number of ether oxygens (including phenoxy) is 2. The summed E-state index contributed by atoms with van der Waals surface area (Å²) in [5.41, 5.74) is 5.98. The fourth-order valence-electron chi connectivity index (χ4n) is 2.60. The number of para-hydroxylation sites is 1. The molecule has 19 heavy (non-hydrogen) atoms. The average molecular weight is 265 g/mol. The Kier molecular flexibility index (Phi) is 4.80. The zero-order valence-electron chi connectivity index (χ0n) is 11.5. The van der Waals surface area contributed by atoms with Crippen molar-refractivity contribution >= 4 is 0 Å². The lowest BCUT2D eigenvalue weighted by atomic mass is 9.77. The maximum atomic E-state index is 10.8. The van der Waals surface area contributed by atoms with Gasteiger partial charge in [-0.3, -0.25) is 0 Å². The van der Waals surface area contributed by atoms with E-state index in [0.29, 0.717) is 26.1 Å². The lowest BCUT2D eigenvalue weighted by Crippen LogP contribution is -2.37. The Labute approximate surface area is 114 Å². The summed E-state index contributed by atoms with van der Waals surface area (Å²) in [4.78, 5) is 0. The molecular weight excluding hydrogens is 242 g/mol. The van der Waals surface area contributed by atoms with Gasteiger partial charge in [0.05, 0.1) is 12.2 Å². The van der Waals surface area contributed by atoms with Crippen LogP contribution in [0.5, 0.6) is 5.75 Å². The van der Waals surface area contributed by atoms with Gasteiger partial charge in [-0.2, -0.15) is 0 Å². The number of hydrogen-bond donors (Lipinski definition) is 2. The van der Waals surface area contributed by atoms with Gasteiger partial charge >= 0.3 is 0 Å². The molecule has 0 heterocycles. The van der Waals surface area contributed by atoms with Crippen molar-refractivity contribution < 1.29 is 14.6 Å². The molecule has 0 unspecified atom stereocenters. The standard InChI is InChI=1S/C15H23NO3/c1-18-10-11-19-14-5-3-2-4-13(14)15(17)8-6-12(16)7-9-15/h2-5,12,17H,6-11,16H2,1H3. The molecule has 1 aromatic carbocycles. The summed E-state index contributed by atoms with van der Waals surface area (Å²) in [5.74, 6) is 0.748. The predicted octanol–water partition coefficient (Wildman–Crippen LogP) is 1.80. The first-order chi connectivity index (χ1) is 9.15. The molecule has 1 aromatic rings. The lowest BCUT2D eigenvalue weighted by Gasteiger charge is -2.36. The fourth-order valence-corrected chi connectivity index (χ4v) is 2.60. The molecular formula is C15H23NO3. The SMILES string of the molecule is COCCOc1ccccc1C1(O)CCC(N)CC1. The van der Waals surface area contributed by atoms with Crippen molar-refractivity contribution in [3.05, 3.63) is 29.8 Å². The van der Waals surface area contributed by atoms with E-state index >= 15 is 0 Å². The molecule has 1 saturated carbocycles. The highest BCUT2D eigenvalue weighted by Gasteiger charge is 2.35. The first-order valence-corrected chi connectivity index (χ1v) is 6.85. The summed E-state index contributed by atoms with van der Waals surface area (Å²) in [6, 6.07) is 7.91. The fraction of sp³-hybridized carbons (Fsp3) is 0.600. The van der Waals surface area contributed by atoms with E-state index in [9.17, 15) is 5.11 Å². The van der Waals surface area contributed by atoms with Crippen molar-refractivity contribution in [2.45, 2.75) is 37.3 Å². The Morgan fingerprint density at radius 1 is 1.26 bits per heavy atom. The molecule has 0 bridgehead atoms. The summed E-state index contributed by atoms with van der Waals surface area (Å²) < 4.78 is 10.7. The van der Waals surface area contributed by atoms with E-state index in [1.165, 1.54) is 0 Å². The van der Waals surface area contributed by atoms with Crippen LogP contribution in [0, 0.1) is 0 Å². The van der Waals surface area contributed by atoms with Crippen molar-refractivity contribution in [1.82, 2.24) is 0 Å². The Morgan fingerprint density at radius 3 is 2.63 bits per heavy atom. The highest BCUT2D eigenvalue weighted by Crippen LogP contribution is 2.40. The molecule has 106 valence electrons. The molecule has 0 saturated heterocycles. The third-order valence-corrected chi connectivity index (χ3v) is 3.79. The highest BCUT2D eigenvalue weighted by atomic mass is 16.5. The van der Waals surface area contributed by atoms with Crippen LogP contribution in [0.15, 0.2) is 24.3 Å². The second kappa shape index (κ2) is 6.37. The second-order valence-corrected chi connectivity index (χ2v) is 5.21. The van der Waals surface area contributed by atoms with E-state index in [2.05, 4.69) is 0 Å². The Balaban J connectivity index is 2.14. The van der Waals surface area contributed by atoms with E-state index in [1.54, 1.807) is 7.11 Å². The first-order valence-electron chi connectivity index (χ1n) is 6.85. The minimum absolute atomic E-state index is 0.210. The van der Waals surface area contributed by atoms with E-state index in [4.69, 9.17) is 15.2 Å². The van der Waals surface area contributed by atoms with Gasteiger partial charge in [0.25, 0.3) is 0 Å². The molecule has 3 N–H and O–H groups in total. The zero-order chi connectivity index (χ0) is 13.7. The Morgan fingerprint density at radius 2 is 1.95 bits per heavy atom. The van der Waals surface area contributed by atoms with Crippen LogP contribution in [0.4, 0.5) is 0 Å². The van der Waals surface area contributed by atoms with Crippen LogP contribution in [0.3, 0.4) is 0 Å². The molecule has 4 heteroatoms. The van der Waals surface area contributed by atoms with Crippen molar-refractivity contribution in [2.24, 2.45) is 5.73 Å². The van der Waals surface area contributed by atoms with Crippen LogP contribution in [0.1, 0.15) is 31.2 Å². The number of nitrogens with two attached hydrogens (primary N) is 1. The summed E-state index contributed by atoms with van der Waals surface area (Å²) in [5, 5.41) is 10.8. The third-order valence-electron chi connectivity index (χ3n) is 3.79. The predicted molar refractivity (Wildman–Crippen MR) is 74.2 cm³/mol. The third kappa shape index (κ3) is 3.47. The van der Waals surface area contributed by atoms with Crippen molar-refractivity contribution in [3.63, 3.8) is 0 Å². The second-order valence-electron chi connectivity index (χ2n) is 5.21. The summed E-state index contributed by atoms with van der Waals surface area (Å²) in [6.07, 6.45) is 3.09. The summed E-state index contributed by atoms with van der Waals surface area (Å²) in [7, 11) is 1.64. The monoisotopic (exact) mass is 265 g/mol. The summed E-state index contributed by atoms with van der Waals surface area (Å²) >= 11 is 0. The summed E-state index contributed by atoms with van der Waals surface area (Å²) in [6.45, 7) is 1.03. The van der Waals surface area contributed by atoms with Crippen molar-refractivity contribution in [2.75, 3.05) is 20.3 Å². The molecule has 2 rings (SSSR count). The van der Waals surface area contributed by atoms with Gasteiger partial charge in [0, 0.05) is 18.7 Å². The quantitative estimate of drug-likeness (QED) is 0.797. The van der Waals surface area contributed by atoms with Gasteiger partial charge in [-0.25, -0.2) is 0 Å². The van der Waals surface area contributed by atoms with Crippen molar-refractivity contribution in [1.29, 1.82) is 0 Å². The number of aliphatic hydroxyl groups is 1. The number of benzene rings is 1. The van der Waals surface area contributed by atoms with Gasteiger partial charge in [-0.05, 0) is 31.7 Å². The maximum absolute atomic E-state index is 10.8. The molecule has 0 aromatic heterocycles. The van der Waals surface area contributed by atoms with Gasteiger partial charge < -0.3 is 20.3 Å². The molecule has 0 aliphatic heterocycles. The zero-order valence-corrected chi connectivity index (χ0v) is 11.5. The van der Waals surface area contributed by atoms with Gasteiger partial charge in [0.1, 0.15) is 12.4 Å². The normalized spacial score (nSPS) is 27.2. The first kappa shape index (κ1) is 14.3. The van der Waals surface area contributed by atoms with Crippen LogP contribution in [-0.2, 0) is 10.3 Å². The highest BCUT2D eigenvalue weighted by molar-refractivity contribution is 5.38. The molecule has 0 spiro atoms. The molecule has 1 aliphatic rings. The average Bonchev–Trinajstić information content (AvgIpc) is 2.43. The minimum atomic E-state index is -0.806. The van der Waals surface area contributed by atoms with Crippen LogP contribution < -0.4 is 10.5 Å². The Bertz CT molecular complexity index is 400. The minimum Gasteiger partial charge on any atom is -0.491 e. The van der Waals surface area contributed by atoms with Gasteiger partial charge in [-0.1, -0.05) is 18.2 Å². The molecule has 1 fully saturated rings. The molecule has 0 amide bonds. The molecule has 0 atom stereocenters. The number of methoxy groups -OCH3 is 1. The smallest absolute Gasteiger partial charge is 0.125 e. The molecule has 1 aliphatic carbocycles. The number of hydrogen-bond acceptors (Lipinski definition) is 4. The van der Waals surface area contributed by atoms with E-state index in [-0.39, 0.29) is 6.04 Å². The van der Waals surface area contributed by atoms with Gasteiger partial charge in [0.15, 0.2) is 0 Å². The topological polar surface area (TPSA) is 64.7 Å². The lowest BCUT2D eigenvalue weighted by molar-refractivity contribution is -0.00769. The van der Waals surface area contributed by atoms with E-state index in [1.807, 2.05) is 24.3 Å². The van der Waals surface area contributed by atoms with Crippen LogP contribution >= 0.6 is 0 Å². The number of rotatable bonds is 5. The maximum Gasteiger partial charge on any atom is 0.125 e. The molecule has 4 nitrogen and oxygen atoms in total. The van der Waals surface area contributed by atoms with Crippen molar-refractivity contribution in [3.8, 4) is 5.75 Å². The molecule has 0 radical (unpaired) electrons. The van der Waals surface area contributed by atoms with Crippen LogP contribution in [0.25, 0.3) is 0 Å². The Hall–Kier alpha value is -1.10. The van der Waals surface area contributed by atoms with Crippen LogP contribution in [0.2, 0.25) is 0 Å². The van der Waals surface area contributed by atoms with Crippen LogP contribution in [-0.4, -0.2) is 31.5 Å². The van der Waals surface area contributed by atoms with Gasteiger partial charge in [0.2, 0.25) is 0 Å². The van der Waals surface area contributed by atoms with E-state index in [0.717, 1.165) is 24.2 Å². The van der Waals surface area contributed by atoms with Gasteiger partial charge in [-0.15, -0.1) is 0 Å². The van der Waals surface area contributed by atoms with E-state index < -0.39 is 5.60 Å². The largest absolute Gasteiger partial charge is 0.491 e.